The number of imidazole rings is 1. The lowest BCUT2D eigenvalue weighted by Gasteiger charge is -2.01. The monoisotopic (exact) mass is 320 g/mol. The van der Waals surface area contributed by atoms with E-state index in [4.69, 9.17) is 7.98 Å². The van der Waals surface area contributed by atoms with Gasteiger partial charge >= 0.3 is 13.6 Å². The smallest absolute Gasteiger partial charge is 0.284 e. The fourth-order valence-electron chi connectivity index (χ4n) is 4.11. The van der Waals surface area contributed by atoms with Crippen LogP contribution in [0.3, 0.4) is 0 Å². The molecule has 5 heterocycles. The summed E-state index contributed by atoms with van der Waals surface area (Å²) in [5.74, 6) is 0. The highest BCUT2D eigenvalue weighted by molar-refractivity contribution is 6.09. The Morgan fingerprint density at radius 2 is 1.92 bits per heavy atom. The van der Waals surface area contributed by atoms with Gasteiger partial charge in [0.05, 0.1) is 0 Å². The van der Waals surface area contributed by atoms with Gasteiger partial charge in [-0.15, -0.1) is 0 Å². The van der Waals surface area contributed by atoms with Crippen molar-refractivity contribution in [3.05, 3.63) is 72.7 Å². The van der Waals surface area contributed by atoms with E-state index in [9.17, 15) is 0 Å². The van der Waals surface area contributed by atoms with Crippen LogP contribution < -0.4 is 8.88 Å². The second-order valence-electron chi connectivity index (χ2n) is 6.50. The lowest BCUT2D eigenvalue weighted by atomic mass is 10.1. The first-order valence-electron chi connectivity index (χ1n) is 8.32. The van der Waals surface area contributed by atoms with E-state index in [1.807, 2.05) is 24.5 Å². The Labute approximate surface area is 145 Å². The largest absolute Gasteiger partial charge is 0.586 e. The highest BCUT2D eigenvalue weighted by atomic mass is 15.1. The van der Waals surface area contributed by atoms with Gasteiger partial charge in [0.1, 0.15) is 24.3 Å². The van der Waals surface area contributed by atoms with Crippen LogP contribution >= 0.6 is 0 Å². The number of hydrogen-bond acceptors (Lipinski definition) is 1. The van der Waals surface area contributed by atoms with Crippen molar-refractivity contribution in [3.63, 3.8) is 0 Å². The van der Waals surface area contributed by atoms with Crippen molar-refractivity contribution in [3.8, 4) is 11.3 Å². The van der Waals surface area contributed by atoms with E-state index in [1.165, 1.54) is 27.9 Å². The predicted molar refractivity (Wildman–Crippen MR) is 96.3 cm³/mol. The number of fused-ring (bicyclic) bond motifs is 3. The van der Waals surface area contributed by atoms with Crippen LogP contribution in [-0.2, 0) is 6.54 Å². The summed E-state index contributed by atoms with van der Waals surface area (Å²) in [7, 11) is 6.28. The minimum absolute atomic E-state index is 0.851. The molecule has 0 saturated carbocycles. The van der Waals surface area contributed by atoms with Crippen LogP contribution in [0.5, 0.6) is 0 Å². The van der Waals surface area contributed by atoms with Crippen LogP contribution in [0.2, 0.25) is 0 Å². The molecule has 0 spiro atoms. The summed E-state index contributed by atoms with van der Waals surface area (Å²) in [6.07, 6.45) is 5.97. The topological polar surface area (TPSA) is 25.8 Å². The molecular formula is C20H13BN4+2. The van der Waals surface area contributed by atoms with E-state index in [1.54, 1.807) is 4.48 Å². The van der Waals surface area contributed by atoms with Crippen LogP contribution in [-0.4, -0.2) is 17.5 Å². The molecular weight excluding hydrogens is 307 g/mol. The third-order valence-corrected chi connectivity index (χ3v) is 5.17. The van der Waals surface area contributed by atoms with E-state index in [0.29, 0.717) is 0 Å². The normalized spacial score (nSPS) is 12.8. The van der Waals surface area contributed by atoms with E-state index < -0.39 is 0 Å². The molecule has 2 radical (unpaired) electrons. The molecule has 5 aromatic rings. The fourth-order valence-corrected chi connectivity index (χ4v) is 4.11. The minimum atomic E-state index is 0.851. The molecule has 0 unspecified atom stereocenters. The summed E-state index contributed by atoms with van der Waals surface area (Å²) < 4.78 is 6.32. The molecule has 1 aliphatic heterocycles. The lowest BCUT2D eigenvalue weighted by Crippen LogP contribution is -2.33. The number of nitrogens with zero attached hydrogens (tertiary/aromatic N) is 4. The molecule has 6 rings (SSSR count). The average molecular weight is 320 g/mol. The van der Waals surface area contributed by atoms with Gasteiger partial charge in [-0.3, -0.25) is 4.48 Å². The Balaban J connectivity index is 1.90. The Hall–Kier alpha value is -3.21. The number of pyridine rings is 3. The van der Waals surface area contributed by atoms with Crippen molar-refractivity contribution in [2.75, 3.05) is 0 Å². The average Bonchev–Trinajstić information content (AvgIpc) is 3.21. The SMILES string of the molecule is [B][n+]1ccc2c3c1c1ncccc1[n+]1cc(-c4ccccc4)n(c31)C2. The number of aromatic nitrogens is 4. The van der Waals surface area contributed by atoms with Gasteiger partial charge in [0.25, 0.3) is 0 Å². The van der Waals surface area contributed by atoms with Crippen LogP contribution in [0, 0.1) is 0 Å². The van der Waals surface area contributed by atoms with Crippen molar-refractivity contribution in [2.45, 2.75) is 6.54 Å². The summed E-state index contributed by atoms with van der Waals surface area (Å²) in [4.78, 5) is 4.64. The quantitative estimate of drug-likeness (QED) is 0.259. The van der Waals surface area contributed by atoms with Gasteiger partial charge in [-0.25, -0.2) is 9.55 Å². The zero-order valence-corrected chi connectivity index (χ0v) is 13.4. The summed E-state index contributed by atoms with van der Waals surface area (Å²) in [5, 5.41) is 1.19. The van der Waals surface area contributed by atoms with Gasteiger partial charge in [0.2, 0.25) is 5.52 Å². The van der Waals surface area contributed by atoms with Crippen molar-refractivity contribution in [1.82, 2.24) is 9.55 Å². The van der Waals surface area contributed by atoms with Crippen LogP contribution in [0.25, 0.3) is 38.8 Å². The van der Waals surface area contributed by atoms with E-state index in [0.717, 1.165) is 23.1 Å². The first-order valence-corrected chi connectivity index (χ1v) is 8.32. The van der Waals surface area contributed by atoms with Crippen molar-refractivity contribution >= 4 is 35.6 Å². The van der Waals surface area contributed by atoms with Gasteiger partial charge in [-0.1, -0.05) is 30.3 Å². The van der Waals surface area contributed by atoms with Gasteiger partial charge in [0.15, 0.2) is 16.7 Å². The summed E-state index contributed by atoms with van der Waals surface area (Å²) in [6, 6.07) is 16.7. The Bertz CT molecular complexity index is 1320. The lowest BCUT2D eigenvalue weighted by molar-refractivity contribution is -0.494. The molecule has 114 valence electrons. The standard InChI is InChI=1S/C20H13BN4/c21-25-10-8-14-11-23-16(13-5-2-1-3-6-13)12-24-15-7-4-9-22-18(15)19(25)17(14)20(23)24/h1-10,12H,11H2/q+2. The molecule has 0 bridgehead atoms. The molecule has 1 aliphatic rings. The summed E-state index contributed by atoms with van der Waals surface area (Å²) in [5.41, 5.74) is 7.88. The third kappa shape index (κ3) is 1.55. The second-order valence-corrected chi connectivity index (χ2v) is 6.50. The zero-order chi connectivity index (χ0) is 16.5. The molecule has 4 aromatic heterocycles. The fraction of sp³-hybridized carbons (Fsp3) is 0.0500. The maximum Gasteiger partial charge on any atom is 0.586 e. The van der Waals surface area contributed by atoms with Gasteiger partial charge < -0.3 is 0 Å². The molecule has 5 heteroatoms. The van der Waals surface area contributed by atoms with Crippen LogP contribution in [0.15, 0.2) is 67.1 Å². The third-order valence-electron chi connectivity index (χ3n) is 5.17. The molecule has 1 aromatic carbocycles. The first-order chi connectivity index (χ1) is 12.3. The minimum Gasteiger partial charge on any atom is -0.284 e. The molecule has 0 atom stereocenters. The number of benzene rings is 1. The first kappa shape index (κ1) is 13.1. The number of rotatable bonds is 1. The Kier molecular flexibility index (Phi) is 2.34. The second kappa shape index (κ2) is 4.45. The maximum absolute atomic E-state index is 6.28. The highest BCUT2D eigenvalue weighted by Gasteiger charge is 2.34. The van der Waals surface area contributed by atoms with E-state index >= 15 is 0 Å². The van der Waals surface area contributed by atoms with Crippen LogP contribution in [0.4, 0.5) is 0 Å². The zero-order valence-electron chi connectivity index (χ0n) is 13.4. The molecule has 25 heavy (non-hydrogen) atoms. The van der Waals surface area contributed by atoms with Crippen LogP contribution in [0.1, 0.15) is 5.56 Å². The molecule has 0 fully saturated rings. The molecule has 4 nitrogen and oxygen atoms in total. The molecule has 0 aliphatic carbocycles. The van der Waals surface area contributed by atoms with Gasteiger partial charge in [-0.2, -0.15) is 4.40 Å². The van der Waals surface area contributed by atoms with Gasteiger partial charge in [-0.05, 0) is 12.1 Å². The molecule has 0 N–H and O–H groups in total. The van der Waals surface area contributed by atoms with E-state index in [-0.39, 0.29) is 0 Å². The van der Waals surface area contributed by atoms with Gasteiger partial charge in [0, 0.05) is 23.4 Å². The van der Waals surface area contributed by atoms with Crippen molar-refractivity contribution in [1.29, 1.82) is 0 Å². The highest BCUT2D eigenvalue weighted by Crippen LogP contribution is 2.34. The molecule has 0 amide bonds. The van der Waals surface area contributed by atoms with Crippen molar-refractivity contribution in [2.24, 2.45) is 0 Å². The summed E-state index contributed by atoms with van der Waals surface area (Å²) in [6.45, 7) is 0.851. The van der Waals surface area contributed by atoms with E-state index in [2.05, 4.69) is 56.5 Å². The van der Waals surface area contributed by atoms with Crippen molar-refractivity contribution < 1.29 is 8.88 Å². The summed E-state index contributed by atoms with van der Waals surface area (Å²) >= 11 is 0. The molecule has 0 saturated heterocycles. The Morgan fingerprint density at radius 1 is 1.04 bits per heavy atom. The number of hydrogen-bond donors (Lipinski definition) is 0. The Morgan fingerprint density at radius 3 is 2.80 bits per heavy atom. The maximum atomic E-state index is 6.28. The predicted octanol–water partition coefficient (Wildman–Crippen LogP) is 2.18.